The average molecular weight is 510 g/mol. The number of carbonyl (C=O) groups is 1. The number of hydrogen-bond donors (Lipinski definition) is 0. The topological polar surface area (TPSA) is 72.9 Å². The lowest BCUT2D eigenvalue weighted by Crippen LogP contribution is -2.32. The fourth-order valence-corrected chi connectivity index (χ4v) is 5.88. The van der Waals surface area contributed by atoms with Gasteiger partial charge in [-0.15, -0.1) is 11.3 Å². The van der Waals surface area contributed by atoms with Gasteiger partial charge < -0.3 is 9.47 Å². The zero-order chi connectivity index (χ0) is 21.9. The third kappa shape index (κ3) is 4.38. The van der Waals surface area contributed by atoms with Gasteiger partial charge in [0.2, 0.25) is 0 Å². The molecule has 0 atom stereocenters. The second-order valence-electron chi connectivity index (χ2n) is 6.37. The van der Waals surface area contributed by atoms with Gasteiger partial charge in [-0.1, -0.05) is 34.1 Å². The first-order chi connectivity index (χ1) is 14.3. The summed E-state index contributed by atoms with van der Waals surface area (Å²) in [5.74, 6) is -0.0292. The summed E-state index contributed by atoms with van der Waals surface area (Å²) >= 11 is 4.64. The average Bonchev–Trinajstić information content (AvgIpc) is 3.13. The molecular formula is C21H20BrNO5S2. The quantitative estimate of drug-likeness (QED) is 0.418. The van der Waals surface area contributed by atoms with E-state index >= 15 is 0 Å². The highest BCUT2D eigenvalue weighted by Crippen LogP contribution is 2.37. The fraction of sp³-hybridized carbons (Fsp3) is 0.190. The molecule has 1 heterocycles. The summed E-state index contributed by atoms with van der Waals surface area (Å²) in [6, 6.07) is 13.5. The molecule has 2 aromatic carbocycles. The Hall–Kier alpha value is -2.36. The maximum absolute atomic E-state index is 13.7. The maximum atomic E-state index is 13.7. The SMILES string of the molecule is COC(=O)c1scc(C)c1N(Cc1ccccc1Br)S(=O)(=O)c1ccc(OC)cc1. The molecule has 0 fully saturated rings. The Morgan fingerprint density at radius 2 is 1.77 bits per heavy atom. The standard InChI is InChI=1S/C21H20BrNO5S2/c1-14-13-29-20(21(24)28-3)19(14)23(12-15-6-4-5-7-18(15)22)30(25,26)17-10-8-16(27-2)9-11-17/h4-11,13H,12H2,1-3H3. The van der Waals surface area contributed by atoms with E-state index in [1.54, 1.807) is 24.4 Å². The van der Waals surface area contributed by atoms with Crippen molar-refractivity contribution in [2.75, 3.05) is 18.5 Å². The molecule has 0 saturated heterocycles. The number of rotatable bonds is 7. The van der Waals surface area contributed by atoms with Crippen molar-refractivity contribution in [2.45, 2.75) is 18.4 Å². The molecule has 9 heteroatoms. The molecule has 0 bridgehead atoms. The lowest BCUT2D eigenvalue weighted by atomic mass is 10.2. The Labute approximate surface area is 188 Å². The summed E-state index contributed by atoms with van der Waals surface area (Å²) < 4.78 is 39.4. The van der Waals surface area contributed by atoms with E-state index in [0.717, 1.165) is 21.4 Å². The molecule has 3 aromatic rings. The smallest absolute Gasteiger partial charge is 0.350 e. The molecule has 0 amide bonds. The van der Waals surface area contributed by atoms with Crippen LogP contribution >= 0.6 is 27.3 Å². The molecule has 0 radical (unpaired) electrons. The van der Waals surface area contributed by atoms with Crippen LogP contribution in [-0.4, -0.2) is 28.6 Å². The van der Waals surface area contributed by atoms with E-state index in [9.17, 15) is 13.2 Å². The Balaban J connectivity index is 2.19. The molecule has 0 aliphatic carbocycles. The van der Waals surface area contributed by atoms with E-state index in [4.69, 9.17) is 9.47 Å². The first kappa shape index (κ1) is 22.3. The Morgan fingerprint density at radius 3 is 2.37 bits per heavy atom. The van der Waals surface area contributed by atoms with Gasteiger partial charge in [0.15, 0.2) is 0 Å². The summed E-state index contributed by atoms with van der Waals surface area (Å²) in [6.07, 6.45) is 0. The number of nitrogens with zero attached hydrogens (tertiary/aromatic N) is 1. The molecule has 0 spiro atoms. The van der Waals surface area contributed by atoms with Crippen molar-refractivity contribution in [3.63, 3.8) is 0 Å². The van der Waals surface area contributed by atoms with Crippen molar-refractivity contribution in [1.82, 2.24) is 0 Å². The predicted octanol–water partition coefficient (Wildman–Crippen LogP) is 5.01. The van der Waals surface area contributed by atoms with Crippen LogP contribution < -0.4 is 9.04 Å². The van der Waals surface area contributed by atoms with Gasteiger partial charge in [0.05, 0.1) is 31.3 Å². The monoisotopic (exact) mass is 509 g/mol. The molecule has 3 rings (SSSR count). The Kier molecular flexibility index (Phi) is 6.84. The van der Waals surface area contributed by atoms with Crippen molar-refractivity contribution < 1.29 is 22.7 Å². The molecule has 158 valence electrons. The van der Waals surface area contributed by atoms with Crippen molar-refractivity contribution in [2.24, 2.45) is 0 Å². The molecule has 0 aliphatic rings. The van der Waals surface area contributed by atoms with E-state index < -0.39 is 16.0 Å². The number of hydrogen-bond acceptors (Lipinski definition) is 6. The van der Waals surface area contributed by atoms with Crippen molar-refractivity contribution >= 4 is 48.9 Å². The lowest BCUT2D eigenvalue weighted by molar-refractivity contribution is 0.0607. The van der Waals surface area contributed by atoms with Gasteiger partial charge in [0, 0.05) is 4.47 Å². The van der Waals surface area contributed by atoms with Crippen LogP contribution in [0.2, 0.25) is 0 Å². The molecule has 0 N–H and O–H groups in total. The van der Waals surface area contributed by atoms with Gasteiger partial charge >= 0.3 is 5.97 Å². The van der Waals surface area contributed by atoms with Gasteiger partial charge in [-0.2, -0.15) is 0 Å². The number of aryl methyl sites for hydroxylation is 1. The maximum Gasteiger partial charge on any atom is 0.350 e. The Morgan fingerprint density at radius 1 is 1.10 bits per heavy atom. The molecule has 0 saturated carbocycles. The number of halogens is 1. The number of carbonyl (C=O) groups excluding carboxylic acids is 1. The second kappa shape index (κ2) is 9.20. The van der Waals surface area contributed by atoms with Crippen LogP contribution in [-0.2, 0) is 21.3 Å². The van der Waals surface area contributed by atoms with Gasteiger partial charge in [-0.05, 0) is 53.8 Å². The molecule has 0 unspecified atom stereocenters. The number of anilines is 1. The molecule has 6 nitrogen and oxygen atoms in total. The van der Waals surface area contributed by atoms with Gasteiger partial charge in [0.1, 0.15) is 10.6 Å². The highest BCUT2D eigenvalue weighted by atomic mass is 79.9. The van der Waals surface area contributed by atoms with Crippen LogP contribution in [0.25, 0.3) is 0 Å². The first-order valence-electron chi connectivity index (χ1n) is 8.86. The van der Waals surface area contributed by atoms with Crippen molar-refractivity contribution in [3.8, 4) is 5.75 Å². The molecular weight excluding hydrogens is 490 g/mol. The summed E-state index contributed by atoms with van der Waals surface area (Å²) in [5.41, 5.74) is 1.75. The van der Waals surface area contributed by atoms with Crippen LogP contribution in [0.15, 0.2) is 63.3 Å². The van der Waals surface area contributed by atoms with Gasteiger partial charge in [-0.3, -0.25) is 4.31 Å². The van der Waals surface area contributed by atoms with E-state index in [2.05, 4.69) is 15.9 Å². The highest BCUT2D eigenvalue weighted by Gasteiger charge is 2.32. The Bertz CT molecular complexity index is 1160. The second-order valence-corrected chi connectivity index (χ2v) is 9.96. The number of benzene rings is 2. The van der Waals surface area contributed by atoms with Crippen molar-refractivity contribution in [3.05, 3.63) is 74.4 Å². The number of ether oxygens (including phenoxy) is 2. The van der Waals surface area contributed by atoms with E-state index in [0.29, 0.717) is 17.0 Å². The molecule has 1 aromatic heterocycles. The number of sulfonamides is 1. The molecule has 0 aliphatic heterocycles. The van der Waals surface area contributed by atoms with Crippen LogP contribution in [0, 0.1) is 6.92 Å². The lowest BCUT2D eigenvalue weighted by Gasteiger charge is -2.26. The van der Waals surface area contributed by atoms with Crippen LogP contribution in [0.3, 0.4) is 0 Å². The van der Waals surface area contributed by atoms with Crippen LogP contribution in [0.4, 0.5) is 5.69 Å². The normalized spacial score (nSPS) is 11.2. The third-order valence-electron chi connectivity index (χ3n) is 4.48. The van der Waals surface area contributed by atoms with E-state index in [1.807, 2.05) is 24.3 Å². The van der Waals surface area contributed by atoms with Crippen LogP contribution in [0.1, 0.15) is 20.8 Å². The minimum absolute atomic E-state index is 0.0390. The summed E-state index contributed by atoms with van der Waals surface area (Å²) in [4.78, 5) is 12.7. The zero-order valence-corrected chi connectivity index (χ0v) is 19.8. The number of methoxy groups -OCH3 is 2. The first-order valence-corrected chi connectivity index (χ1v) is 12.0. The predicted molar refractivity (Wildman–Crippen MR) is 121 cm³/mol. The van der Waals surface area contributed by atoms with Gasteiger partial charge in [0.25, 0.3) is 10.0 Å². The van der Waals surface area contributed by atoms with Crippen LogP contribution in [0.5, 0.6) is 5.75 Å². The summed E-state index contributed by atoms with van der Waals surface area (Å²) in [5, 5.41) is 1.75. The van der Waals surface area contributed by atoms with E-state index in [-0.39, 0.29) is 16.3 Å². The summed E-state index contributed by atoms with van der Waals surface area (Å²) in [6.45, 7) is 1.81. The third-order valence-corrected chi connectivity index (χ3v) is 8.08. The molecule has 30 heavy (non-hydrogen) atoms. The van der Waals surface area contributed by atoms with Gasteiger partial charge in [-0.25, -0.2) is 13.2 Å². The zero-order valence-electron chi connectivity index (χ0n) is 16.6. The summed E-state index contributed by atoms with van der Waals surface area (Å²) in [7, 11) is -1.21. The largest absolute Gasteiger partial charge is 0.497 e. The minimum atomic E-state index is -3.99. The van der Waals surface area contributed by atoms with E-state index in [1.165, 1.54) is 30.7 Å². The van der Waals surface area contributed by atoms with Crippen molar-refractivity contribution in [1.29, 1.82) is 0 Å². The number of thiophene rings is 1. The minimum Gasteiger partial charge on any atom is -0.497 e. The highest BCUT2D eigenvalue weighted by molar-refractivity contribution is 9.10. The fourth-order valence-electron chi connectivity index (χ4n) is 2.93. The number of esters is 1.